The summed E-state index contributed by atoms with van der Waals surface area (Å²) in [7, 11) is 2.71. The first kappa shape index (κ1) is 16.3. The number of benzene rings is 1. The Balaban J connectivity index is 1.99. The molecule has 1 heterocycles. The van der Waals surface area contributed by atoms with Crippen LogP contribution in [0.25, 0.3) is 0 Å². The second-order valence-corrected chi connectivity index (χ2v) is 5.39. The number of hydrogen-bond donors (Lipinski definition) is 1. The third-order valence-electron chi connectivity index (χ3n) is 3.86. The zero-order valence-electron chi connectivity index (χ0n) is 13.0. The Morgan fingerprint density at radius 1 is 1.18 bits per heavy atom. The zero-order valence-corrected chi connectivity index (χ0v) is 13.0. The standard InChI is InChI=1S/C16H22N2O4/c1-21-15(19)13-8-14(11-18(10-13)16(20)22-2)17-9-12-6-4-3-5-7-12/h3-7,13-14,17H,8-11H2,1-2H3. The summed E-state index contributed by atoms with van der Waals surface area (Å²) in [4.78, 5) is 25.1. The smallest absolute Gasteiger partial charge is 0.409 e. The second-order valence-electron chi connectivity index (χ2n) is 5.39. The Hall–Kier alpha value is -2.08. The molecule has 1 aromatic rings. The molecule has 0 saturated carbocycles. The number of nitrogens with zero attached hydrogens (tertiary/aromatic N) is 1. The lowest BCUT2D eigenvalue weighted by Crippen LogP contribution is -2.52. The maximum Gasteiger partial charge on any atom is 0.409 e. The minimum absolute atomic E-state index is 0.0251. The fraction of sp³-hybridized carbons (Fsp3) is 0.500. The van der Waals surface area contributed by atoms with Crippen LogP contribution in [0.15, 0.2) is 30.3 Å². The molecule has 0 aromatic heterocycles. The van der Waals surface area contributed by atoms with Gasteiger partial charge in [0.15, 0.2) is 0 Å². The lowest BCUT2D eigenvalue weighted by atomic mass is 9.94. The van der Waals surface area contributed by atoms with Gasteiger partial charge in [0, 0.05) is 25.7 Å². The summed E-state index contributed by atoms with van der Waals surface area (Å²) < 4.78 is 9.59. The van der Waals surface area contributed by atoms with E-state index in [1.54, 1.807) is 4.90 Å². The minimum Gasteiger partial charge on any atom is -0.469 e. The van der Waals surface area contributed by atoms with Crippen LogP contribution in [-0.4, -0.2) is 50.3 Å². The normalized spacial score (nSPS) is 21.3. The molecule has 2 rings (SSSR count). The molecule has 1 N–H and O–H groups in total. The fourth-order valence-electron chi connectivity index (χ4n) is 2.72. The Kier molecular flexibility index (Phi) is 5.77. The maximum absolute atomic E-state index is 11.8. The number of amides is 1. The molecule has 0 bridgehead atoms. The van der Waals surface area contributed by atoms with Gasteiger partial charge < -0.3 is 19.7 Å². The van der Waals surface area contributed by atoms with Crippen LogP contribution in [0.5, 0.6) is 0 Å². The first-order chi connectivity index (χ1) is 10.6. The summed E-state index contributed by atoms with van der Waals surface area (Å²) in [6, 6.07) is 10.0. The van der Waals surface area contributed by atoms with E-state index in [4.69, 9.17) is 9.47 Å². The molecule has 1 aliphatic heterocycles. The third kappa shape index (κ3) is 4.21. The van der Waals surface area contributed by atoms with Crippen molar-refractivity contribution in [1.29, 1.82) is 0 Å². The molecular weight excluding hydrogens is 284 g/mol. The van der Waals surface area contributed by atoms with Gasteiger partial charge in [0.1, 0.15) is 0 Å². The Bertz CT molecular complexity index is 482. The zero-order chi connectivity index (χ0) is 15.9. The number of likely N-dealkylation sites (tertiary alicyclic amines) is 1. The summed E-state index contributed by atoms with van der Waals surface area (Å²) >= 11 is 0. The van der Waals surface area contributed by atoms with Crippen molar-refractivity contribution >= 4 is 12.1 Å². The van der Waals surface area contributed by atoms with Crippen molar-refractivity contribution in [3.63, 3.8) is 0 Å². The van der Waals surface area contributed by atoms with Gasteiger partial charge in [0.05, 0.1) is 20.1 Å². The van der Waals surface area contributed by atoms with Crippen molar-refractivity contribution < 1.29 is 19.1 Å². The Morgan fingerprint density at radius 2 is 1.91 bits per heavy atom. The molecule has 120 valence electrons. The predicted octanol–water partition coefficient (Wildman–Crippen LogP) is 1.41. The molecule has 1 saturated heterocycles. The van der Waals surface area contributed by atoms with Gasteiger partial charge in [-0.1, -0.05) is 30.3 Å². The van der Waals surface area contributed by atoms with E-state index in [1.165, 1.54) is 14.2 Å². The van der Waals surface area contributed by atoms with Crippen molar-refractivity contribution in [2.45, 2.75) is 19.0 Å². The highest BCUT2D eigenvalue weighted by Gasteiger charge is 2.34. The molecule has 2 unspecified atom stereocenters. The van der Waals surface area contributed by atoms with E-state index in [2.05, 4.69) is 5.32 Å². The van der Waals surface area contributed by atoms with Crippen LogP contribution in [0.4, 0.5) is 4.79 Å². The van der Waals surface area contributed by atoms with Gasteiger partial charge in [0.2, 0.25) is 0 Å². The van der Waals surface area contributed by atoms with Crippen LogP contribution in [0.3, 0.4) is 0 Å². The van der Waals surface area contributed by atoms with E-state index in [1.807, 2.05) is 30.3 Å². The molecular formula is C16H22N2O4. The van der Waals surface area contributed by atoms with Crippen LogP contribution in [-0.2, 0) is 20.8 Å². The van der Waals surface area contributed by atoms with E-state index < -0.39 is 6.09 Å². The number of rotatable bonds is 4. The van der Waals surface area contributed by atoms with Crippen LogP contribution in [0, 0.1) is 5.92 Å². The monoisotopic (exact) mass is 306 g/mol. The molecule has 2 atom stereocenters. The van der Waals surface area contributed by atoms with Crippen molar-refractivity contribution in [2.24, 2.45) is 5.92 Å². The fourth-order valence-corrected chi connectivity index (χ4v) is 2.72. The molecule has 0 aliphatic carbocycles. The van der Waals surface area contributed by atoms with E-state index in [0.29, 0.717) is 26.1 Å². The molecule has 0 spiro atoms. The van der Waals surface area contributed by atoms with Crippen LogP contribution in [0.2, 0.25) is 0 Å². The summed E-state index contributed by atoms with van der Waals surface area (Å²) in [6.45, 7) is 1.55. The van der Waals surface area contributed by atoms with Crippen molar-refractivity contribution in [3.8, 4) is 0 Å². The molecule has 1 aromatic carbocycles. The van der Waals surface area contributed by atoms with Gasteiger partial charge in [-0.3, -0.25) is 4.79 Å². The third-order valence-corrected chi connectivity index (χ3v) is 3.86. The van der Waals surface area contributed by atoms with Crippen LogP contribution >= 0.6 is 0 Å². The molecule has 6 heteroatoms. The molecule has 1 fully saturated rings. The van der Waals surface area contributed by atoms with Gasteiger partial charge >= 0.3 is 12.1 Å². The number of nitrogens with one attached hydrogen (secondary N) is 1. The Morgan fingerprint density at radius 3 is 2.55 bits per heavy atom. The van der Waals surface area contributed by atoms with E-state index in [0.717, 1.165) is 5.56 Å². The largest absolute Gasteiger partial charge is 0.469 e. The number of esters is 1. The number of ether oxygens (including phenoxy) is 2. The molecule has 0 radical (unpaired) electrons. The minimum atomic E-state index is -0.417. The first-order valence-corrected chi connectivity index (χ1v) is 7.32. The van der Waals surface area contributed by atoms with Crippen LogP contribution < -0.4 is 5.32 Å². The number of hydrogen-bond acceptors (Lipinski definition) is 5. The lowest BCUT2D eigenvalue weighted by molar-refractivity contribution is -0.147. The average molecular weight is 306 g/mol. The molecule has 1 amide bonds. The van der Waals surface area contributed by atoms with Crippen molar-refractivity contribution in [1.82, 2.24) is 10.2 Å². The van der Waals surface area contributed by atoms with Gasteiger partial charge in [-0.15, -0.1) is 0 Å². The highest BCUT2D eigenvalue weighted by atomic mass is 16.5. The summed E-state index contributed by atoms with van der Waals surface area (Å²) in [6.07, 6.45) is 0.229. The Labute approximate surface area is 130 Å². The van der Waals surface area contributed by atoms with Gasteiger partial charge in [0.25, 0.3) is 0 Å². The van der Waals surface area contributed by atoms with E-state index in [9.17, 15) is 9.59 Å². The second kappa shape index (κ2) is 7.79. The SMILES string of the molecule is COC(=O)C1CC(NCc2ccccc2)CN(C(=O)OC)C1. The van der Waals surface area contributed by atoms with E-state index >= 15 is 0 Å². The maximum atomic E-state index is 11.8. The first-order valence-electron chi connectivity index (χ1n) is 7.32. The van der Waals surface area contributed by atoms with Crippen molar-refractivity contribution in [2.75, 3.05) is 27.3 Å². The van der Waals surface area contributed by atoms with Gasteiger partial charge in [-0.2, -0.15) is 0 Å². The molecule has 22 heavy (non-hydrogen) atoms. The van der Waals surface area contributed by atoms with Crippen molar-refractivity contribution in [3.05, 3.63) is 35.9 Å². The number of carbonyl (C=O) groups is 2. The average Bonchev–Trinajstić information content (AvgIpc) is 2.59. The summed E-state index contributed by atoms with van der Waals surface area (Å²) in [5.41, 5.74) is 1.16. The quantitative estimate of drug-likeness (QED) is 0.852. The summed E-state index contributed by atoms with van der Waals surface area (Å²) in [5, 5.41) is 3.40. The number of piperidine rings is 1. The highest BCUT2D eigenvalue weighted by Crippen LogP contribution is 2.19. The summed E-state index contributed by atoms with van der Waals surface area (Å²) in [5.74, 6) is -0.619. The highest BCUT2D eigenvalue weighted by molar-refractivity contribution is 5.74. The number of carbonyl (C=O) groups excluding carboxylic acids is 2. The van der Waals surface area contributed by atoms with E-state index in [-0.39, 0.29) is 17.9 Å². The molecule has 1 aliphatic rings. The van der Waals surface area contributed by atoms with Gasteiger partial charge in [-0.05, 0) is 12.0 Å². The van der Waals surface area contributed by atoms with Gasteiger partial charge in [-0.25, -0.2) is 4.79 Å². The predicted molar refractivity (Wildman–Crippen MR) is 81.2 cm³/mol. The molecule has 6 nitrogen and oxygen atoms in total. The number of methoxy groups -OCH3 is 2. The lowest BCUT2D eigenvalue weighted by Gasteiger charge is -2.36. The topological polar surface area (TPSA) is 67.9 Å². The van der Waals surface area contributed by atoms with Crippen LogP contribution in [0.1, 0.15) is 12.0 Å².